The van der Waals surface area contributed by atoms with E-state index in [2.05, 4.69) is 11.4 Å². The summed E-state index contributed by atoms with van der Waals surface area (Å²) in [5, 5.41) is 22.8. The number of aryl methyl sites for hydroxylation is 1. The van der Waals surface area contributed by atoms with E-state index in [9.17, 15) is 20.0 Å². The van der Waals surface area contributed by atoms with E-state index in [-0.39, 0.29) is 30.9 Å². The molecule has 130 valence electrons. The lowest BCUT2D eigenvalue weighted by Gasteiger charge is -2.29. The monoisotopic (exact) mass is 341 g/mol. The number of nitrogens with one attached hydrogen (secondary N) is 1. The van der Waals surface area contributed by atoms with Crippen molar-refractivity contribution < 1.29 is 14.8 Å². The molecule has 25 heavy (non-hydrogen) atoms. The van der Waals surface area contributed by atoms with Crippen LogP contribution in [0.4, 0.5) is 16.2 Å². The molecule has 0 saturated carbocycles. The third-order valence-corrected chi connectivity index (χ3v) is 4.41. The number of aliphatic hydroxyl groups is 1. The number of fused-ring (bicyclic) bond motifs is 1. The van der Waals surface area contributed by atoms with E-state index in [1.807, 2.05) is 18.2 Å². The van der Waals surface area contributed by atoms with E-state index in [1.54, 1.807) is 4.90 Å². The molecule has 2 aromatic rings. The van der Waals surface area contributed by atoms with Crippen LogP contribution >= 0.6 is 0 Å². The van der Waals surface area contributed by atoms with Crippen molar-refractivity contribution in [1.82, 2.24) is 4.90 Å². The van der Waals surface area contributed by atoms with Crippen molar-refractivity contribution in [1.29, 1.82) is 0 Å². The normalized spacial score (nSPS) is 15.5. The highest BCUT2D eigenvalue weighted by atomic mass is 16.6. The maximum Gasteiger partial charge on any atom is 0.322 e. The maximum atomic E-state index is 12.7. The van der Waals surface area contributed by atoms with Gasteiger partial charge in [-0.05, 0) is 36.1 Å². The maximum absolute atomic E-state index is 12.7. The molecule has 0 bridgehead atoms. The number of nitrogens with zero attached hydrogens (tertiary/aromatic N) is 2. The summed E-state index contributed by atoms with van der Waals surface area (Å²) >= 11 is 0. The number of benzene rings is 2. The van der Waals surface area contributed by atoms with Gasteiger partial charge in [0.2, 0.25) is 0 Å². The Labute approximate surface area is 145 Å². The van der Waals surface area contributed by atoms with Gasteiger partial charge in [0.05, 0.1) is 17.6 Å². The zero-order valence-corrected chi connectivity index (χ0v) is 13.6. The average Bonchev–Trinajstić information content (AvgIpc) is 3.04. The highest BCUT2D eigenvalue weighted by molar-refractivity contribution is 5.89. The van der Waals surface area contributed by atoms with E-state index >= 15 is 0 Å². The molecule has 3 rings (SSSR count). The first kappa shape index (κ1) is 16.9. The van der Waals surface area contributed by atoms with Gasteiger partial charge in [-0.1, -0.05) is 24.3 Å². The van der Waals surface area contributed by atoms with Gasteiger partial charge in [-0.15, -0.1) is 0 Å². The number of aliphatic hydroxyl groups excluding tert-OH is 1. The molecular formula is C18H19N3O4. The molecule has 1 aliphatic carbocycles. The zero-order chi connectivity index (χ0) is 17.8. The number of non-ortho nitro benzene ring substituents is 1. The molecule has 2 amide bonds. The van der Waals surface area contributed by atoms with Crippen molar-refractivity contribution in [2.45, 2.75) is 18.9 Å². The van der Waals surface area contributed by atoms with Crippen LogP contribution in [0.1, 0.15) is 23.6 Å². The highest BCUT2D eigenvalue weighted by Crippen LogP contribution is 2.35. The minimum absolute atomic E-state index is 0.0325. The zero-order valence-electron chi connectivity index (χ0n) is 13.6. The van der Waals surface area contributed by atoms with Crippen LogP contribution in [0, 0.1) is 10.1 Å². The van der Waals surface area contributed by atoms with Gasteiger partial charge < -0.3 is 15.3 Å². The summed E-state index contributed by atoms with van der Waals surface area (Å²) in [5.74, 6) is 0. The number of hydrogen-bond acceptors (Lipinski definition) is 4. The summed E-state index contributed by atoms with van der Waals surface area (Å²) in [6.45, 7) is 0.0875. The van der Waals surface area contributed by atoms with E-state index in [0.29, 0.717) is 5.69 Å². The Hall–Kier alpha value is -2.93. The fourth-order valence-corrected chi connectivity index (χ4v) is 3.23. The van der Waals surface area contributed by atoms with Crippen LogP contribution in [0.2, 0.25) is 0 Å². The summed E-state index contributed by atoms with van der Waals surface area (Å²) in [6, 6.07) is 13.3. The smallest absolute Gasteiger partial charge is 0.322 e. The summed E-state index contributed by atoms with van der Waals surface area (Å²) in [5.41, 5.74) is 2.77. The highest BCUT2D eigenvalue weighted by Gasteiger charge is 2.30. The number of carbonyl (C=O) groups excluding carboxylic acids is 1. The Morgan fingerprint density at radius 1 is 1.24 bits per heavy atom. The standard InChI is InChI=1S/C18H19N3O4/c22-12-11-20(17-10-5-13-3-1-2-4-16(13)17)18(23)19-14-6-8-15(9-7-14)21(24)25/h1-4,6-9,17,22H,5,10-12H2,(H,19,23). The third kappa shape index (κ3) is 3.61. The second kappa shape index (κ2) is 7.31. The molecule has 0 spiro atoms. The summed E-state index contributed by atoms with van der Waals surface area (Å²) in [6.07, 6.45) is 1.71. The lowest BCUT2D eigenvalue weighted by molar-refractivity contribution is -0.384. The van der Waals surface area contributed by atoms with E-state index in [0.717, 1.165) is 18.4 Å². The summed E-state index contributed by atoms with van der Waals surface area (Å²) in [4.78, 5) is 24.5. The van der Waals surface area contributed by atoms with E-state index < -0.39 is 4.92 Å². The van der Waals surface area contributed by atoms with Crippen molar-refractivity contribution in [3.63, 3.8) is 0 Å². The number of nitro groups is 1. The Morgan fingerprint density at radius 3 is 2.64 bits per heavy atom. The van der Waals surface area contributed by atoms with Crippen LogP contribution in [0.3, 0.4) is 0 Å². The molecule has 1 atom stereocenters. The van der Waals surface area contributed by atoms with Crippen molar-refractivity contribution in [3.05, 3.63) is 69.8 Å². The fourth-order valence-electron chi connectivity index (χ4n) is 3.23. The largest absolute Gasteiger partial charge is 0.395 e. The van der Waals surface area contributed by atoms with Crippen molar-refractivity contribution in [3.8, 4) is 0 Å². The number of rotatable bonds is 5. The van der Waals surface area contributed by atoms with Crippen molar-refractivity contribution >= 4 is 17.4 Å². The first-order valence-corrected chi connectivity index (χ1v) is 8.11. The van der Waals surface area contributed by atoms with Crippen LogP contribution in [0.5, 0.6) is 0 Å². The van der Waals surface area contributed by atoms with Crippen LogP contribution in [-0.2, 0) is 6.42 Å². The van der Waals surface area contributed by atoms with Gasteiger partial charge in [0.1, 0.15) is 0 Å². The number of anilines is 1. The summed E-state index contributed by atoms with van der Waals surface area (Å²) < 4.78 is 0. The van der Waals surface area contributed by atoms with Crippen LogP contribution in [-0.4, -0.2) is 34.1 Å². The molecular weight excluding hydrogens is 322 g/mol. The minimum atomic E-state index is -0.487. The second-order valence-corrected chi connectivity index (χ2v) is 5.90. The van der Waals surface area contributed by atoms with Gasteiger partial charge in [-0.25, -0.2) is 4.79 Å². The minimum Gasteiger partial charge on any atom is -0.395 e. The van der Waals surface area contributed by atoms with Crippen molar-refractivity contribution in [2.24, 2.45) is 0 Å². The molecule has 0 saturated heterocycles. The number of amides is 2. The lowest BCUT2D eigenvalue weighted by atomic mass is 10.1. The van der Waals surface area contributed by atoms with Gasteiger partial charge in [0.15, 0.2) is 0 Å². The molecule has 0 fully saturated rings. The number of urea groups is 1. The molecule has 0 radical (unpaired) electrons. The Balaban J connectivity index is 1.76. The molecule has 0 aromatic heterocycles. The van der Waals surface area contributed by atoms with Gasteiger partial charge in [-0.2, -0.15) is 0 Å². The average molecular weight is 341 g/mol. The van der Waals surface area contributed by atoms with E-state index in [4.69, 9.17) is 0 Å². The SMILES string of the molecule is O=C(Nc1ccc([N+](=O)[O-])cc1)N(CCO)C1CCc2ccccc21. The predicted octanol–water partition coefficient (Wildman–Crippen LogP) is 3.11. The van der Waals surface area contributed by atoms with Crippen LogP contribution in [0.25, 0.3) is 0 Å². The Kier molecular flexibility index (Phi) is 4.95. The fraction of sp³-hybridized carbons (Fsp3) is 0.278. The second-order valence-electron chi connectivity index (χ2n) is 5.90. The first-order chi connectivity index (χ1) is 12.1. The predicted molar refractivity (Wildman–Crippen MR) is 93.4 cm³/mol. The number of carbonyl (C=O) groups is 1. The van der Waals surface area contributed by atoms with Crippen molar-refractivity contribution in [2.75, 3.05) is 18.5 Å². The molecule has 2 aromatic carbocycles. The molecule has 1 unspecified atom stereocenters. The van der Waals surface area contributed by atoms with Crippen LogP contribution in [0.15, 0.2) is 48.5 Å². The summed E-state index contributed by atoms with van der Waals surface area (Å²) in [7, 11) is 0. The van der Waals surface area contributed by atoms with Crippen LogP contribution < -0.4 is 5.32 Å². The van der Waals surface area contributed by atoms with Gasteiger partial charge in [0.25, 0.3) is 5.69 Å². The van der Waals surface area contributed by atoms with Gasteiger partial charge >= 0.3 is 6.03 Å². The first-order valence-electron chi connectivity index (χ1n) is 8.11. The molecule has 7 nitrogen and oxygen atoms in total. The Bertz CT molecular complexity index is 776. The lowest BCUT2D eigenvalue weighted by Crippen LogP contribution is -2.39. The topological polar surface area (TPSA) is 95.7 Å². The number of hydrogen-bond donors (Lipinski definition) is 2. The van der Waals surface area contributed by atoms with Gasteiger partial charge in [0, 0.05) is 24.4 Å². The molecule has 0 aliphatic heterocycles. The molecule has 7 heteroatoms. The van der Waals surface area contributed by atoms with E-state index in [1.165, 1.54) is 29.8 Å². The number of nitro benzene ring substituents is 1. The molecule has 2 N–H and O–H groups in total. The van der Waals surface area contributed by atoms with Gasteiger partial charge in [-0.3, -0.25) is 10.1 Å². The third-order valence-electron chi connectivity index (χ3n) is 4.41. The Morgan fingerprint density at radius 2 is 1.96 bits per heavy atom. The molecule has 0 heterocycles. The quantitative estimate of drug-likeness (QED) is 0.645. The molecule has 1 aliphatic rings.